The van der Waals surface area contributed by atoms with Crippen LogP contribution >= 0.6 is 23.2 Å². The average Bonchev–Trinajstić information content (AvgIpc) is 3.59. The molecule has 2 aromatic heterocycles. The Morgan fingerprint density at radius 2 is 1.95 bits per heavy atom. The fraction of sp³-hybridized carbons (Fsp3) is 0.259. The molecule has 10 nitrogen and oxygen atoms in total. The van der Waals surface area contributed by atoms with E-state index in [9.17, 15) is 9.59 Å². The lowest BCUT2D eigenvalue weighted by atomic mass is 10.0. The van der Waals surface area contributed by atoms with E-state index in [1.807, 2.05) is 24.3 Å². The van der Waals surface area contributed by atoms with Crippen LogP contribution in [0.2, 0.25) is 10.2 Å². The number of H-pyrrole nitrogens is 1. The molecule has 1 atom stereocenters. The molecule has 0 fully saturated rings. The van der Waals surface area contributed by atoms with E-state index in [-0.39, 0.29) is 11.8 Å². The number of nitrogens with one attached hydrogen (secondary N) is 3. The molecule has 0 aliphatic carbocycles. The van der Waals surface area contributed by atoms with E-state index in [4.69, 9.17) is 28.2 Å². The second-order valence-electron chi connectivity index (χ2n) is 9.18. The van der Waals surface area contributed by atoms with Crippen molar-refractivity contribution in [2.45, 2.75) is 44.6 Å². The van der Waals surface area contributed by atoms with Crippen LogP contribution in [0.1, 0.15) is 56.0 Å². The maximum Gasteiger partial charge on any atom is 0.244 e. The maximum absolute atomic E-state index is 13.1. The maximum atomic E-state index is 13.1. The van der Waals surface area contributed by atoms with Gasteiger partial charge in [-0.15, -0.1) is 5.10 Å². The van der Waals surface area contributed by atoms with Crippen LogP contribution < -0.4 is 10.6 Å². The molecular formula is C27H26Cl2N8O2. The molecule has 39 heavy (non-hydrogen) atoms. The van der Waals surface area contributed by atoms with Crippen LogP contribution in [-0.4, -0.2) is 42.0 Å². The number of tetrazole rings is 1. The summed E-state index contributed by atoms with van der Waals surface area (Å²) in [5.41, 5.74) is 3.22. The number of fused-ring (bicyclic) bond motifs is 4. The highest BCUT2D eigenvalue weighted by atomic mass is 35.5. The van der Waals surface area contributed by atoms with E-state index in [0.717, 1.165) is 25.7 Å². The number of halogens is 2. The largest absolute Gasteiger partial charge is 0.343 e. The predicted octanol–water partition coefficient (Wildman–Crippen LogP) is 5.52. The van der Waals surface area contributed by atoms with Crippen molar-refractivity contribution in [1.29, 1.82) is 0 Å². The number of carbonyl (C=O) groups is 2. The number of carbonyl (C=O) groups excluding carboxylic acids is 2. The van der Waals surface area contributed by atoms with Crippen LogP contribution in [0.4, 0.5) is 5.69 Å². The summed E-state index contributed by atoms with van der Waals surface area (Å²) >= 11 is 12.8. The number of para-hydroxylation sites is 1. The minimum absolute atomic E-state index is 0.0359. The Bertz CT molecular complexity index is 1500. The van der Waals surface area contributed by atoms with Gasteiger partial charge in [-0.3, -0.25) is 9.59 Å². The smallest absolute Gasteiger partial charge is 0.244 e. The van der Waals surface area contributed by atoms with Crippen molar-refractivity contribution in [2.24, 2.45) is 0 Å². The standard InChI is InChI=1S/C27H26Cl2N8O2/c28-18-12-13-22(37-16-30-35-36-37)17(15-18)11-14-24(39)32-21-9-3-1-2-4-10-23(38)31-20-8-6-5-7-19(20)25-26(29)34-27(21)33-25/h5-8,11-16,21H,1-4,9-10H2,(H,31,38)(H,32,39)(H,33,34)/b14-11+/t21-/m0/s1. The number of hydrogen-bond acceptors (Lipinski definition) is 6. The molecule has 0 spiro atoms. The Morgan fingerprint density at radius 3 is 2.79 bits per heavy atom. The van der Waals surface area contributed by atoms with Gasteiger partial charge in [0, 0.05) is 28.6 Å². The first-order chi connectivity index (χ1) is 19.0. The van der Waals surface area contributed by atoms with Gasteiger partial charge >= 0.3 is 0 Å². The molecule has 2 amide bonds. The molecular weight excluding hydrogens is 539 g/mol. The number of anilines is 1. The normalized spacial score (nSPS) is 16.4. The van der Waals surface area contributed by atoms with Gasteiger partial charge in [-0.05, 0) is 53.6 Å². The van der Waals surface area contributed by atoms with Gasteiger partial charge in [-0.2, -0.15) is 4.68 Å². The van der Waals surface area contributed by atoms with E-state index in [2.05, 4.69) is 31.1 Å². The monoisotopic (exact) mass is 564 g/mol. The number of imidazole rings is 1. The number of aromatic nitrogens is 6. The fourth-order valence-electron chi connectivity index (χ4n) is 4.51. The van der Waals surface area contributed by atoms with Gasteiger partial charge in [-0.1, -0.05) is 60.7 Å². The van der Waals surface area contributed by atoms with Gasteiger partial charge in [0.05, 0.1) is 17.4 Å². The number of hydrogen-bond donors (Lipinski definition) is 3. The number of benzene rings is 2. The molecule has 0 saturated heterocycles. The lowest BCUT2D eigenvalue weighted by molar-refractivity contribution is -0.117. The molecule has 1 aliphatic rings. The lowest BCUT2D eigenvalue weighted by Crippen LogP contribution is -2.27. The third-order valence-electron chi connectivity index (χ3n) is 6.43. The zero-order valence-electron chi connectivity index (χ0n) is 20.9. The summed E-state index contributed by atoms with van der Waals surface area (Å²) in [5.74, 6) is 0.212. The van der Waals surface area contributed by atoms with Crippen LogP contribution in [0, 0.1) is 0 Å². The van der Waals surface area contributed by atoms with Crippen molar-refractivity contribution in [3.8, 4) is 16.9 Å². The summed E-state index contributed by atoms with van der Waals surface area (Å²) in [7, 11) is 0. The van der Waals surface area contributed by atoms with Gasteiger partial charge < -0.3 is 15.6 Å². The van der Waals surface area contributed by atoms with Crippen molar-refractivity contribution in [1.82, 2.24) is 35.5 Å². The van der Waals surface area contributed by atoms with Gasteiger partial charge in [0.25, 0.3) is 0 Å². The molecule has 0 saturated carbocycles. The molecule has 2 aromatic carbocycles. The first-order valence-corrected chi connectivity index (χ1v) is 13.4. The van der Waals surface area contributed by atoms with Gasteiger partial charge in [0.2, 0.25) is 11.8 Å². The Morgan fingerprint density at radius 1 is 1.10 bits per heavy atom. The first-order valence-electron chi connectivity index (χ1n) is 12.6. The van der Waals surface area contributed by atoms with E-state index < -0.39 is 6.04 Å². The second-order valence-corrected chi connectivity index (χ2v) is 10.00. The van der Waals surface area contributed by atoms with Crippen LogP contribution in [0.15, 0.2) is 54.9 Å². The molecule has 2 bridgehead atoms. The Labute approximate surface area is 234 Å². The van der Waals surface area contributed by atoms with Crippen molar-refractivity contribution in [2.75, 3.05) is 5.32 Å². The number of rotatable bonds is 4. The Kier molecular flexibility index (Phi) is 8.33. The van der Waals surface area contributed by atoms with Gasteiger partial charge in [0.15, 0.2) is 0 Å². The minimum Gasteiger partial charge on any atom is -0.343 e. The van der Waals surface area contributed by atoms with E-state index in [1.165, 1.54) is 17.1 Å². The van der Waals surface area contributed by atoms with Gasteiger partial charge in [0.1, 0.15) is 23.0 Å². The third kappa shape index (κ3) is 6.52. The fourth-order valence-corrected chi connectivity index (χ4v) is 4.93. The highest BCUT2D eigenvalue weighted by molar-refractivity contribution is 6.32. The third-order valence-corrected chi connectivity index (χ3v) is 6.94. The zero-order chi connectivity index (χ0) is 27.2. The molecule has 4 aromatic rings. The Balaban J connectivity index is 1.41. The van der Waals surface area contributed by atoms with Crippen LogP contribution in [0.25, 0.3) is 23.0 Å². The SMILES string of the molecule is O=C(/C=C/c1cc(Cl)ccc1-n1cnnn1)N[C@H]1CCCCCCC(=O)Nc2ccccc2-c2nc1[nH]c2Cl. The van der Waals surface area contributed by atoms with Crippen molar-refractivity contribution in [3.63, 3.8) is 0 Å². The summed E-state index contributed by atoms with van der Waals surface area (Å²) in [6, 6.07) is 12.2. The molecule has 1 aliphatic heterocycles. The first kappa shape index (κ1) is 26.6. The van der Waals surface area contributed by atoms with Crippen molar-refractivity contribution >= 4 is 46.8 Å². The highest BCUT2D eigenvalue weighted by Gasteiger charge is 2.22. The van der Waals surface area contributed by atoms with E-state index in [0.29, 0.717) is 57.0 Å². The molecule has 12 heteroatoms. The van der Waals surface area contributed by atoms with Crippen LogP contribution in [0.3, 0.4) is 0 Å². The van der Waals surface area contributed by atoms with Crippen LogP contribution in [0.5, 0.6) is 0 Å². The summed E-state index contributed by atoms with van der Waals surface area (Å²) in [5, 5.41) is 18.2. The van der Waals surface area contributed by atoms with Crippen LogP contribution in [-0.2, 0) is 9.59 Å². The quantitative estimate of drug-likeness (QED) is 0.279. The molecule has 200 valence electrons. The number of amides is 2. The minimum atomic E-state index is -0.392. The van der Waals surface area contributed by atoms with Crippen molar-refractivity contribution < 1.29 is 9.59 Å². The van der Waals surface area contributed by atoms with Gasteiger partial charge in [-0.25, -0.2) is 4.98 Å². The molecule has 5 rings (SSSR count). The second kappa shape index (κ2) is 12.2. The van der Waals surface area contributed by atoms with Crippen molar-refractivity contribution in [3.05, 3.63) is 76.4 Å². The molecule has 3 N–H and O–H groups in total. The summed E-state index contributed by atoms with van der Waals surface area (Å²) in [6.07, 6.45) is 9.15. The summed E-state index contributed by atoms with van der Waals surface area (Å²) in [6.45, 7) is 0. The number of aromatic amines is 1. The Hall–Kier alpha value is -4.02. The number of nitrogens with zero attached hydrogens (tertiary/aromatic N) is 5. The molecule has 3 heterocycles. The highest BCUT2D eigenvalue weighted by Crippen LogP contribution is 2.34. The van der Waals surface area contributed by atoms with E-state index in [1.54, 1.807) is 24.3 Å². The predicted molar refractivity (Wildman–Crippen MR) is 149 cm³/mol. The molecule has 0 unspecified atom stereocenters. The average molecular weight is 565 g/mol. The topological polar surface area (TPSA) is 130 Å². The lowest BCUT2D eigenvalue weighted by Gasteiger charge is -2.16. The molecule has 0 radical (unpaired) electrons. The summed E-state index contributed by atoms with van der Waals surface area (Å²) in [4.78, 5) is 33.4. The summed E-state index contributed by atoms with van der Waals surface area (Å²) < 4.78 is 1.50. The zero-order valence-corrected chi connectivity index (χ0v) is 22.4. The van der Waals surface area contributed by atoms with E-state index >= 15 is 0 Å².